The molecule has 0 saturated carbocycles. The van der Waals surface area contributed by atoms with Crippen molar-refractivity contribution in [3.05, 3.63) is 57.1 Å². The first-order valence-corrected chi connectivity index (χ1v) is 7.56. The summed E-state index contributed by atoms with van der Waals surface area (Å²) in [5.41, 5.74) is -0.0353. The van der Waals surface area contributed by atoms with Gasteiger partial charge in [-0.05, 0) is 18.2 Å². The van der Waals surface area contributed by atoms with E-state index < -0.39 is 24.2 Å². The van der Waals surface area contributed by atoms with Crippen LogP contribution < -0.4 is 10.3 Å². The van der Waals surface area contributed by atoms with Gasteiger partial charge in [0.25, 0.3) is 11.9 Å². The maximum absolute atomic E-state index is 13.0. The zero-order chi connectivity index (χ0) is 18.1. The average molecular weight is 390 g/mol. The summed E-state index contributed by atoms with van der Waals surface area (Å²) in [6.07, 6.45) is -5.09. The Kier molecular flexibility index (Phi) is 4.82. The van der Waals surface area contributed by atoms with E-state index in [0.29, 0.717) is 0 Å². The molecule has 2 aromatic heterocycles. The molecule has 1 atom stereocenters. The minimum Gasteiger partial charge on any atom is -0.436 e. The molecule has 2 heterocycles. The van der Waals surface area contributed by atoms with E-state index in [0.717, 1.165) is 16.9 Å². The standard InChI is InChI=1S/C15H8Cl2F3N3O2/c16-7-2-1-3-8(17)11(7)12-9-4-5-10(25-14(20)13(18)19)22-23(9)6-21-15(12)24/h1-6,13-14H. The van der Waals surface area contributed by atoms with Crippen molar-refractivity contribution in [2.45, 2.75) is 12.8 Å². The molecule has 10 heteroatoms. The Hall–Kier alpha value is -2.32. The van der Waals surface area contributed by atoms with Crippen LogP contribution in [0.3, 0.4) is 0 Å². The summed E-state index contributed by atoms with van der Waals surface area (Å²) in [7, 11) is 0. The van der Waals surface area contributed by atoms with Crippen LogP contribution in [0.4, 0.5) is 13.2 Å². The number of halogens is 5. The summed E-state index contributed by atoms with van der Waals surface area (Å²) in [5, 5.41) is 4.26. The van der Waals surface area contributed by atoms with E-state index in [1.54, 1.807) is 18.2 Å². The SMILES string of the molecule is O=c1ncn2nc(OC(F)C(F)F)ccc2c1-c1c(Cl)cccc1Cl. The van der Waals surface area contributed by atoms with Crippen LogP contribution in [0, 0.1) is 0 Å². The second-order valence-electron chi connectivity index (χ2n) is 4.83. The number of fused-ring (bicyclic) bond motifs is 1. The second-order valence-corrected chi connectivity index (χ2v) is 5.64. The van der Waals surface area contributed by atoms with Gasteiger partial charge in [0.2, 0.25) is 5.88 Å². The number of rotatable bonds is 4. The van der Waals surface area contributed by atoms with E-state index in [1.165, 1.54) is 6.07 Å². The lowest BCUT2D eigenvalue weighted by atomic mass is 10.1. The van der Waals surface area contributed by atoms with Crippen molar-refractivity contribution in [2.24, 2.45) is 0 Å². The number of hydrogen-bond acceptors (Lipinski definition) is 4. The monoisotopic (exact) mass is 389 g/mol. The summed E-state index contributed by atoms with van der Waals surface area (Å²) in [4.78, 5) is 15.9. The van der Waals surface area contributed by atoms with Crippen molar-refractivity contribution in [1.82, 2.24) is 14.6 Å². The maximum Gasteiger partial charge on any atom is 0.304 e. The molecule has 0 spiro atoms. The molecule has 0 bridgehead atoms. The summed E-state index contributed by atoms with van der Waals surface area (Å²) in [5.74, 6) is -0.401. The van der Waals surface area contributed by atoms with Crippen molar-refractivity contribution >= 4 is 28.7 Å². The highest BCUT2D eigenvalue weighted by atomic mass is 35.5. The van der Waals surface area contributed by atoms with Gasteiger partial charge in [0.15, 0.2) is 0 Å². The van der Waals surface area contributed by atoms with Crippen LogP contribution in [-0.4, -0.2) is 27.4 Å². The number of hydrogen-bond donors (Lipinski definition) is 0. The Morgan fingerprint density at radius 3 is 2.36 bits per heavy atom. The van der Waals surface area contributed by atoms with E-state index in [2.05, 4.69) is 14.8 Å². The van der Waals surface area contributed by atoms with Gasteiger partial charge in [0.1, 0.15) is 6.33 Å². The Morgan fingerprint density at radius 2 is 1.72 bits per heavy atom. The van der Waals surface area contributed by atoms with E-state index in [1.807, 2.05) is 0 Å². The van der Waals surface area contributed by atoms with Gasteiger partial charge in [-0.25, -0.2) is 13.3 Å². The predicted molar refractivity (Wildman–Crippen MR) is 86.2 cm³/mol. The van der Waals surface area contributed by atoms with Gasteiger partial charge in [-0.3, -0.25) is 4.79 Å². The fourth-order valence-electron chi connectivity index (χ4n) is 2.19. The largest absolute Gasteiger partial charge is 0.436 e. The fourth-order valence-corrected chi connectivity index (χ4v) is 2.77. The minimum absolute atomic E-state index is 0.0720. The van der Waals surface area contributed by atoms with E-state index >= 15 is 0 Å². The van der Waals surface area contributed by atoms with Gasteiger partial charge in [0, 0.05) is 11.6 Å². The third-order valence-electron chi connectivity index (χ3n) is 3.24. The normalized spacial score (nSPS) is 12.6. The molecule has 0 aliphatic heterocycles. The summed E-state index contributed by atoms with van der Waals surface area (Å²) in [6, 6.07) is 7.21. The minimum atomic E-state index is -3.32. The van der Waals surface area contributed by atoms with Gasteiger partial charge in [0.05, 0.1) is 21.1 Å². The van der Waals surface area contributed by atoms with Crippen LogP contribution in [-0.2, 0) is 0 Å². The molecule has 0 aliphatic rings. The topological polar surface area (TPSA) is 56.5 Å². The van der Waals surface area contributed by atoms with Crippen molar-refractivity contribution in [1.29, 1.82) is 0 Å². The van der Waals surface area contributed by atoms with Crippen LogP contribution in [0.15, 0.2) is 41.5 Å². The van der Waals surface area contributed by atoms with Crippen molar-refractivity contribution in [3.8, 4) is 17.0 Å². The van der Waals surface area contributed by atoms with Crippen LogP contribution >= 0.6 is 23.2 Å². The first-order chi connectivity index (χ1) is 11.9. The van der Waals surface area contributed by atoms with Crippen molar-refractivity contribution in [3.63, 3.8) is 0 Å². The van der Waals surface area contributed by atoms with Gasteiger partial charge in [-0.15, -0.1) is 5.10 Å². The lowest BCUT2D eigenvalue weighted by Gasteiger charge is -2.12. The Balaban J connectivity index is 2.18. The molecule has 0 saturated heterocycles. The number of nitrogens with zero attached hydrogens (tertiary/aromatic N) is 3. The molecule has 0 fully saturated rings. The van der Waals surface area contributed by atoms with E-state index in [9.17, 15) is 18.0 Å². The molecule has 5 nitrogen and oxygen atoms in total. The van der Waals surface area contributed by atoms with Crippen LogP contribution in [0.1, 0.15) is 0 Å². The lowest BCUT2D eigenvalue weighted by molar-refractivity contribution is -0.0695. The smallest absolute Gasteiger partial charge is 0.304 e. The highest BCUT2D eigenvalue weighted by Gasteiger charge is 2.22. The quantitative estimate of drug-likeness (QED) is 0.676. The molecule has 1 aromatic carbocycles. The summed E-state index contributed by atoms with van der Waals surface area (Å²) >= 11 is 12.3. The lowest BCUT2D eigenvalue weighted by Crippen LogP contribution is -2.21. The summed E-state index contributed by atoms with van der Waals surface area (Å²) < 4.78 is 43.0. The second kappa shape index (κ2) is 6.89. The van der Waals surface area contributed by atoms with Crippen molar-refractivity contribution in [2.75, 3.05) is 0 Å². The Morgan fingerprint density at radius 1 is 1.04 bits per heavy atom. The molecule has 3 rings (SSSR count). The third kappa shape index (κ3) is 3.40. The molecule has 3 aromatic rings. The Labute approximate surface area is 148 Å². The average Bonchev–Trinajstić information content (AvgIpc) is 2.56. The molecule has 1 unspecified atom stereocenters. The van der Waals surface area contributed by atoms with E-state index in [4.69, 9.17) is 23.2 Å². The van der Waals surface area contributed by atoms with Gasteiger partial charge in [-0.1, -0.05) is 29.3 Å². The first kappa shape index (κ1) is 17.5. The fraction of sp³-hybridized carbons (Fsp3) is 0.133. The van der Waals surface area contributed by atoms with Gasteiger partial charge >= 0.3 is 6.43 Å². The number of ether oxygens (including phenoxy) is 1. The van der Waals surface area contributed by atoms with Crippen molar-refractivity contribution < 1.29 is 17.9 Å². The third-order valence-corrected chi connectivity index (χ3v) is 3.87. The molecular weight excluding hydrogens is 382 g/mol. The zero-order valence-electron chi connectivity index (χ0n) is 12.2. The highest BCUT2D eigenvalue weighted by Crippen LogP contribution is 2.34. The number of benzene rings is 1. The number of aromatic nitrogens is 3. The molecule has 0 N–H and O–H groups in total. The van der Waals surface area contributed by atoms with Gasteiger partial charge < -0.3 is 4.74 Å². The summed E-state index contributed by atoms with van der Waals surface area (Å²) in [6.45, 7) is 0. The molecular formula is C15H8Cl2F3N3O2. The maximum atomic E-state index is 13.0. The zero-order valence-corrected chi connectivity index (χ0v) is 13.7. The molecule has 0 radical (unpaired) electrons. The molecule has 0 aliphatic carbocycles. The molecule has 0 amide bonds. The van der Waals surface area contributed by atoms with E-state index in [-0.39, 0.29) is 26.7 Å². The first-order valence-electron chi connectivity index (χ1n) is 6.80. The molecule has 25 heavy (non-hydrogen) atoms. The van der Waals surface area contributed by atoms with Crippen LogP contribution in [0.2, 0.25) is 10.0 Å². The Bertz CT molecular complexity index is 977. The van der Waals surface area contributed by atoms with Crippen LogP contribution in [0.5, 0.6) is 5.88 Å². The number of alkyl halides is 3. The predicted octanol–water partition coefficient (Wildman–Crippen LogP) is 4.00. The highest BCUT2D eigenvalue weighted by molar-refractivity contribution is 6.39. The van der Waals surface area contributed by atoms with Gasteiger partial charge in [-0.2, -0.15) is 9.37 Å². The molecule has 130 valence electrons. The van der Waals surface area contributed by atoms with Crippen LogP contribution in [0.25, 0.3) is 16.6 Å².